The van der Waals surface area contributed by atoms with Gasteiger partial charge in [-0.2, -0.15) is 0 Å². The largest absolute Gasteiger partial charge is 0.491 e. The van der Waals surface area contributed by atoms with E-state index in [9.17, 15) is 0 Å². The third kappa shape index (κ3) is 4.12. The molecule has 0 amide bonds. The molecule has 0 aliphatic rings. The van der Waals surface area contributed by atoms with Gasteiger partial charge < -0.3 is 14.6 Å². The fourth-order valence-electron chi connectivity index (χ4n) is 1.32. The van der Waals surface area contributed by atoms with E-state index in [4.69, 9.17) is 14.6 Å². The lowest BCUT2D eigenvalue weighted by Crippen LogP contribution is -2.14. The SMILES string of the molecule is COCCC(C)Oc1ccc(Br)c(CO)c1. The zero-order valence-corrected chi connectivity index (χ0v) is 11.2. The number of aliphatic hydroxyl groups excluding tert-OH is 1. The third-order valence-corrected chi connectivity index (χ3v) is 3.03. The summed E-state index contributed by atoms with van der Waals surface area (Å²) in [5, 5.41) is 9.11. The van der Waals surface area contributed by atoms with E-state index in [0.29, 0.717) is 6.61 Å². The van der Waals surface area contributed by atoms with E-state index in [1.54, 1.807) is 7.11 Å². The van der Waals surface area contributed by atoms with Gasteiger partial charge in [-0.05, 0) is 30.7 Å². The van der Waals surface area contributed by atoms with Crippen molar-refractivity contribution in [3.05, 3.63) is 28.2 Å². The smallest absolute Gasteiger partial charge is 0.120 e. The first-order valence-electron chi connectivity index (χ1n) is 5.22. The summed E-state index contributed by atoms with van der Waals surface area (Å²) in [4.78, 5) is 0. The van der Waals surface area contributed by atoms with Crippen LogP contribution in [0.15, 0.2) is 22.7 Å². The van der Waals surface area contributed by atoms with Crippen LogP contribution in [0.1, 0.15) is 18.9 Å². The Morgan fingerprint density at radius 2 is 2.19 bits per heavy atom. The van der Waals surface area contributed by atoms with Crippen molar-refractivity contribution in [2.75, 3.05) is 13.7 Å². The van der Waals surface area contributed by atoms with E-state index in [2.05, 4.69) is 15.9 Å². The van der Waals surface area contributed by atoms with E-state index in [1.807, 2.05) is 25.1 Å². The van der Waals surface area contributed by atoms with Crippen LogP contribution in [0.3, 0.4) is 0 Å². The van der Waals surface area contributed by atoms with Crippen molar-refractivity contribution in [3.8, 4) is 5.75 Å². The average Bonchev–Trinajstić information content (AvgIpc) is 2.29. The Kier molecular flexibility index (Phi) is 5.80. The molecule has 16 heavy (non-hydrogen) atoms. The molecule has 1 aromatic carbocycles. The number of hydrogen-bond acceptors (Lipinski definition) is 3. The number of halogens is 1. The van der Waals surface area contributed by atoms with Gasteiger partial charge in [-0.3, -0.25) is 0 Å². The molecule has 0 bridgehead atoms. The minimum atomic E-state index is 0.00420. The number of benzene rings is 1. The highest BCUT2D eigenvalue weighted by atomic mass is 79.9. The summed E-state index contributed by atoms with van der Waals surface area (Å²) in [6, 6.07) is 5.60. The summed E-state index contributed by atoms with van der Waals surface area (Å²) < 4.78 is 11.6. The van der Waals surface area contributed by atoms with Crippen molar-refractivity contribution in [3.63, 3.8) is 0 Å². The Hall–Kier alpha value is -0.580. The molecule has 0 radical (unpaired) electrons. The summed E-state index contributed by atoms with van der Waals surface area (Å²) in [6.45, 7) is 2.69. The lowest BCUT2D eigenvalue weighted by Gasteiger charge is -2.15. The Morgan fingerprint density at radius 3 is 2.81 bits per heavy atom. The van der Waals surface area contributed by atoms with Crippen LogP contribution in [0.2, 0.25) is 0 Å². The van der Waals surface area contributed by atoms with Gasteiger partial charge in [-0.1, -0.05) is 15.9 Å². The molecule has 1 atom stereocenters. The fourth-order valence-corrected chi connectivity index (χ4v) is 1.69. The summed E-state index contributed by atoms with van der Waals surface area (Å²) in [5.41, 5.74) is 0.830. The van der Waals surface area contributed by atoms with E-state index >= 15 is 0 Å². The topological polar surface area (TPSA) is 38.7 Å². The highest BCUT2D eigenvalue weighted by Crippen LogP contribution is 2.23. The summed E-state index contributed by atoms with van der Waals surface area (Å²) in [7, 11) is 1.68. The molecule has 0 aromatic heterocycles. The Balaban J connectivity index is 2.59. The standard InChI is InChI=1S/C12H17BrO3/c1-9(5-6-15-2)16-11-3-4-12(13)10(7-11)8-14/h3-4,7,9,14H,5-6,8H2,1-2H3. The molecule has 0 spiro atoms. The van der Waals surface area contributed by atoms with Gasteiger partial charge in [-0.15, -0.1) is 0 Å². The van der Waals surface area contributed by atoms with Crippen LogP contribution in [0.25, 0.3) is 0 Å². The van der Waals surface area contributed by atoms with Crippen molar-refractivity contribution in [2.24, 2.45) is 0 Å². The van der Waals surface area contributed by atoms with Gasteiger partial charge in [0.05, 0.1) is 12.7 Å². The molecule has 0 saturated heterocycles. The summed E-state index contributed by atoms with van der Waals surface area (Å²) in [5.74, 6) is 0.774. The zero-order valence-electron chi connectivity index (χ0n) is 9.57. The Bertz CT molecular complexity index is 328. The second-order valence-electron chi connectivity index (χ2n) is 3.62. The van der Waals surface area contributed by atoms with Gasteiger partial charge in [0.25, 0.3) is 0 Å². The molecule has 1 N–H and O–H groups in total. The number of ether oxygens (including phenoxy) is 2. The molecule has 3 nitrogen and oxygen atoms in total. The second kappa shape index (κ2) is 6.89. The van der Waals surface area contributed by atoms with E-state index in [1.165, 1.54) is 0 Å². The molecule has 90 valence electrons. The monoisotopic (exact) mass is 288 g/mol. The molecule has 1 aromatic rings. The normalized spacial score (nSPS) is 12.5. The molecule has 0 heterocycles. The quantitative estimate of drug-likeness (QED) is 0.875. The van der Waals surface area contributed by atoms with Crippen LogP contribution in [0.4, 0.5) is 0 Å². The lowest BCUT2D eigenvalue weighted by molar-refractivity contribution is 0.135. The first kappa shape index (κ1) is 13.5. The maximum Gasteiger partial charge on any atom is 0.120 e. The number of hydrogen-bond donors (Lipinski definition) is 1. The molecule has 4 heteroatoms. The number of rotatable bonds is 6. The Labute approximate surface area is 105 Å². The van der Waals surface area contributed by atoms with Gasteiger partial charge in [0.2, 0.25) is 0 Å². The maximum atomic E-state index is 9.11. The first-order chi connectivity index (χ1) is 7.67. The first-order valence-corrected chi connectivity index (χ1v) is 6.01. The molecular weight excluding hydrogens is 272 g/mol. The maximum absolute atomic E-state index is 9.11. The van der Waals surface area contributed by atoms with Crippen molar-refractivity contribution in [2.45, 2.75) is 26.1 Å². The zero-order chi connectivity index (χ0) is 12.0. The summed E-state index contributed by atoms with van der Waals surface area (Å²) >= 11 is 3.36. The third-order valence-electron chi connectivity index (χ3n) is 2.25. The van der Waals surface area contributed by atoms with Crippen LogP contribution < -0.4 is 4.74 Å². The van der Waals surface area contributed by atoms with E-state index < -0.39 is 0 Å². The van der Waals surface area contributed by atoms with Crippen LogP contribution in [0.5, 0.6) is 5.75 Å². The minimum Gasteiger partial charge on any atom is -0.491 e. The van der Waals surface area contributed by atoms with Gasteiger partial charge in [0, 0.05) is 24.6 Å². The van der Waals surface area contributed by atoms with E-state index in [0.717, 1.165) is 22.2 Å². The highest BCUT2D eigenvalue weighted by Gasteiger charge is 2.06. The lowest BCUT2D eigenvalue weighted by atomic mass is 10.2. The van der Waals surface area contributed by atoms with Crippen molar-refractivity contribution < 1.29 is 14.6 Å². The predicted molar refractivity (Wildman–Crippen MR) is 66.6 cm³/mol. The molecule has 0 saturated carbocycles. The van der Waals surface area contributed by atoms with Crippen LogP contribution in [0, 0.1) is 0 Å². The van der Waals surface area contributed by atoms with Gasteiger partial charge in [-0.25, -0.2) is 0 Å². The van der Waals surface area contributed by atoms with Crippen molar-refractivity contribution in [1.29, 1.82) is 0 Å². The van der Waals surface area contributed by atoms with Gasteiger partial charge in [0.15, 0.2) is 0 Å². The average molecular weight is 289 g/mol. The number of aliphatic hydroxyl groups is 1. The Morgan fingerprint density at radius 1 is 1.44 bits per heavy atom. The second-order valence-corrected chi connectivity index (χ2v) is 4.48. The number of methoxy groups -OCH3 is 1. The predicted octanol–water partition coefficient (Wildman–Crippen LogP) is 2.75. The molecular formula is C12H17BrO3. The van der Waals surface area contributed by atoms with Gasteiger partial charge in [0.1, 0.15) is 5.75 Å². The van der Waals surface area contributed by atoms with Crippen LogP contribution in [-0.4, -0.2) is 24.9 Å². The van der Waals surface area contributed by atoms with Crippen molar-refractivity contribution in [1.82, 2.24) is 0 Å². The highest BCUT2D eigenvalue weighted by molar-refractivity contribution is 9.10. The molecule has 1 rings (SSSR count). The molecule has 1 unspecified atom stereocenters. The van der Waals surface area contributed by atoms with Crippen LogP contribution in [-0.2, 0) is 11.3 Å². The van der Waals surface area contributed by atoms with Gasteiger partial charge >= 0.3 is 0 Å². The van der Waals surface area contributed by atoms with Crippen LogP contribution >= 0.6 is 15.9 Å². The minimum absolute atomic E-state index is 0.00420. The molecule has 0 aliphatic heterocycles. The molecule has 0 aliphatic carbocycles. The van der Waals surface area contributed by atoms with E-state index in [-0.39, 0.29) is 12.7 Å². The van der Waals surface area contributed by atoms with Crippen molar-refractivity contribution >= 4 is 15.9 Å². The molecule has 0 fully saturated rings. The fraction of sp³-hybridized carbons (Fsp3) is 0.500. The summed E-state index contributed by atoms with van der Waals surface area (Å²) in [6.07, 6.45) is 0.953.